The van der Waals surface area contributed by atoms with Gasteiger partial charge in [0.1, 0.15) is 11.6 Å². The Hall–Kier alpha value is -4.28. The number of carbonyl (C=O) groups is 3. The maximum atomic E-state index is 14.8. The van der Waals surface area contributed by atoms with Gasteiger partial charge in [0.2, 0.25) is 11.8 Å². The molecule has 1 aliphatic rings. The summed E-state index contributed by atoms with van der Waals surface area (Å²) >= 11 is 0. The minimum atomic E-state index is -0.858. The van der Waals surface area contributed by atoms with Crippen LogP contribution in [0.1, 0.15) is 24.0 Å². The highest BCUT2D eigenvalue weighted by Crippen LogP contribution is 2.28. The summed E-state index contributed by atoms with van der Waals surface area (Å²) in [6, 6.07) is 9.68. The number of imide groups is 1. The number of likely N-dealkylation sites (tertiary alicyclic amines) is 1. The Balaban J connectivity index is 0.00000337. The summed E-state index contributed by atoms with van der Waals surface area (Å²) in [6.45, 7) is 1.65. The van der Waals surface area contributed by atoms with E-state index < -0.39 is 23.6 Å². The number of hydrogen-bond acceptors (Lipinski definition) is 7. The van der Waals surface area contributed by atoms with E-state index in [0.29, 0.717) is 37.1 Å². The molecule has 1 saturated heterocycles. The highest BCUT2D eigenvalue weighted by Gasteiger charge is 2.18. The molecule has 2 heterocycles. The van der Waals surface area contributed by atoms with Gasteiger partial charge in [0, 0.05) is 43.3 Å². The first kappa shape index (κ1) is 35.9. The standard InChI is InChI=1S/C30H29F2N5O5.2ClH/c31-22-5-3-20(4-6-22)16-28(39)36-30(41)35-23-7-8-27(25(32)17-23)42-26-9-13-33-18-21(26)2-1-12-34-29(40)19-37-14-10-24(38)11-15-37;;/h3-9,13,17-18,24,38H,10-12,14-16,19H2,(H,34,40)(H2,35,36,39,41);2*1H. The molecule has 0 bridgehead atoms. The van der Waals surface area contributed by atoms with Crippen molar-refractivity contribution < 1.29 is 33.0 Å². The highest BCUT2D eigenvalue weighted by atomic mass is 35.5. The summed E-state index contributed by atoms with van der Waals surface area (Å²) in [6.07, 6.45) is 3.75. The van der Waals surface area contributed by atoms with Gasteiger partial charge in [-0.2, -0.15) is 0 Å². The Morgan fingerprint density at radius 2 is 1.73 bits per heavy atom. The van der Waals surface area contributed by atoms with E-state index in [1.54, 1.807) is 0 Å². The van der Waals surface area contributed by atoms with Crippen LogP contribution >= 0.6 is 24.8 Å². The van der Waals surface area contributed by atoms with Crippen molar-refractivity contribution in [2.24, 2.45) is 0 Å². The minimum absolute atomic E-state index is 0. The molecule has 2 aromatic carbocycles. The van der Waals surface area contributed by atoms with E-state index in [1.807, 2.05) is 4.90 Å². The summed E-state index contributed by atoms with van der Waals surface area (Å²) in [5.41, 5.74) is 0.977. The Kier molecular flexibility index (Phi) is 14.5. The van der Waals surface area contributed by atoms with Crippen LogP contribution in [0.5, 0.6) is 11.5 Å². The molecular formula is C30H31Cl2F2N5O5. The maximum absolute atomic E-state index is 14.8. The lowest BCUT2D eigenvalue weighted by atomic mass is 10.1. The number of rotatable bonds is 8. The Morgan fingerprint density at radius 1 is 1.00 bits per heavy atom. The van der Waals surface area contributed by atoms with Crippen molar-refractivity contribution in [2.75, 3.05) is 31.5 Å². The SMILES string of the molecule is Cl.Cl.O=C(CN1CCC(O)CC1)NCC#Cc1cnccc1Oc1ccc(NC(=O)NC(=O)Cc2ccc(F)cc2)cc1F. The van der Waals surface area contributed by atoms with E-state index in [1.165, 1.54) is 54.9 Å². The number of carbonyl (C=O) groups excluding carboxylic acids is 3. The number of pyridine rings is 1. The molecule has 0 radical (unpaired) electrons. The van der Waals surface area contributed by atoms with Gasteiger partial charge >= 0.3 is 6.03 Å². The average molecular weight is 651 g/mol. The van der Waals surface area contributed by atoms with Gasteiger partial charge < -0.3 is 20.5 Å². The third kappa shape index (κ3) is 11.4. The zero-order chi connectivity index (χ0) is 29.9. The number of piperidine rings is 1. The smallest absolute Gasteiger partial charge is 0.325 e. The molecule has 0 saturated carbocycles. The van der Waals surface area contributed by atoms with Gasteiger partial charge in [-0.05, 0) is 42.7 Å². The minimum Gasteiger partial charge on any atom is -0.453 e. The lowest BCUT2D eigenvalue weighted by molar-refractivity contribution is -0.122. The Labute approximate surface area is 265 Å². The van der Waals surface area contributed by atoms with Crippen LogP contribution in [0.25, 0.3) is 0 Å². The fourth-order valence-electron chi connectivity index (χ4n) is 4.08. The molecule has 44 heavy (non-hydrogen) atoms. The van der Waals surface area contributed by atoms with Crippen molar-refractivity contribution in [2.45, 2.75) is 25.4 Å². The predicted molar refractivity (Wildman–Crippen MR) is 164 cm³/mol. The van der Waals surface area contributed by atoms with Crippen LogP contribution in [-0.4, -0.2) is 65.1 Å². The van der Waals surface area contributed by atoms with Gasteiger partial charge in [-0.25, -0.2) is 13.6 Å². The van der Waals surface area contributed by atoms with Crippen molar-refractivity contribution in [3.63, 3.8) is 0 Å². The summed E-state index contributed by atoms with van der Waals surface area (Å²) in [7, 11) is 0. The van der Waals surface area contributed by atoms with Crippen LogP contribution in [-0.2, 0) is 16.0 Å². The number of aliphatic hydroxyl groups is 1. The number of hydrogen-bond donors (Lipinski definition) is 4. The highest BCUT2D eigenvalue weighted by molar-refractivity contribution is 6.01. The van der Waals surface area contributed by atoms with Gasteiger partial charge in [-0.15, -0.1) is 24.8 Å². The number of aromatic nitrogens is 1. The molecule has 0 unspecified atom stereocenters. The number of anilines is 1. The number of urea groups is 1. The molecule has 4 rings (SSSR count). The summed E-state index contributed by atoms with van der Waals surface area (Å²) < 4.78 is 33.5. The summed E-state index contributed by atoms with van der Waals surface area (Å²) in [4.78, 5) is 42.4. The molecule has 1 aromatic heterocycles. The molecule has 1 aliphatic heterocycles. The molecule has 3 aromatic rings. The molecule has 4 N–H and O–H groups in total. The molecule has 10 nitrogen and oxygen atoms in total. The third-order valence-electron chi connectivity index (χ3n) is 6.24. The predicted octanol–water partition coefficient (Wildman–Crippen LogP) is 3.81. The Morgan fingerprint density at radius 3 is 2.43 bits per heavy atom. The molecule has 0 aliphatic carbocycles. The van der Waals surface area contributed by atoms with Crippen LogP contribution in [0.3, 0.4) is 0 Å². The first-order valence-electron chi connectivity index (χ1n) is 13.2. The van der Waals surface area contributed by atoms with E-state index in [4.69, 9.17) is 4.74 Å². The average Bonchev–Trinajstić information content (AvgIpc) is 2.95. The third-order valence-corrected chi connectivity index (χ3v) is 6.24. The van der Waals surface area contributed by atoms with Crippen LogP contribution < -0.4 is 20.7 Å². The van der Waals surface area contributed by atoms with E-state index in [0.717, 1.165) is 6.07 Å². The number of aliphatic hydroxyl groups excluding tert-OH is 1. The fraction of sp³-hybridized carbons (Fsp3) is 0.267. The number of nitrogens with zero attached hydrogens (tertiary/aromatic N) is 2. The maximum Gasteiger partial charge on any atom is 0.325 e. The zero-order valence-electron chi connectivity index (χ0n) is 23.3. The van der Waals surface area contributed by atoms with E-state index in [9.17, 15) is 28.3 Å². The van der Waals surface area contributed by atoms with Crippen LogP contribution in [0, 0.1) is 23.5 Å². The largest absolute Gasteiger partial charge is 0.453 e. The quantitative estimate of drug-likeness (QED) is 0.273. The van der Waals surface area contributed by atoms with E-state index >= 15 is 0 Å². The van der Waals surface area contributed by atoms with Gasteiger partial charge in [-0.1, -0.05) is 24.0 Å². The van der Waals surface area contributed by atoms with Gasteiger partial charge in [0.25, 0.3) is 0 Å². The van der Waals surface area contributed by atoms with Gasteiger partial charge in [0.15, 0.2) is 11.6 Å². The van der Waals surface area contributed by atoms with E-state index in [2.05, 4.69) is 32.8 Å². The van der Waals surface area contributed by atoms with E-state index in [-0.39, 0.29) is 73.5 Å². The van der Waals surface area contributed by atoms with Crippen molar-refractivity contribution in [3.05, 3.63) is 83.7 Å². The summed E-state index contributed by atoms with van der Waals surface area (Å²) in [5.74, 6) is 3.77. The second-order valence-electron chi connectivity index (χ2n) is 9.51. The Bertz CT molecular complexity index is 1490. The molecule has 0 spiro atoms. The number of nitrogens with one attached hydrogen (secondary N) is 3. The molecule has 1 fully saturated rings. The van der Waals surface area contributed by atoms with Crippen LogP contribution in [0.15, 0.2) is 60.9 Å². The second-order valence-corrected chi connectivity index (χ2v) is 9.51. The van der Waals surface area contributed by atoms with Crippen molar-refractivity contribution >= 4 is 48.3 Å². The normalized spacial score (nSPS) is 12.8. The summed E-state index contributed by atoms with van der Waals surface area (Å²) in [5, 5.41) is 16.8. The number of benzene rings is 2. The van der Waals surface area contributed by atoms with Crippen molar-refractivity contribution in [1.82, 2.24) is 20.5 Å². The molecule has 234 valence electrons. The molecule has 0 atom stereocenters. The second kappa shape index (κ2) is 17.7. The number of ether oxygens (including phenoxy) is 1. The molecule has 14 heteroatoms. The van der Waals surface area contributed by atoms with Gasteiger partial charge in [0.05, 0.1) is 31.2 Å². The molecule has 4 amide bonds. The topological polar surface area (TPSA) is 133 Å². The fourth-order valence-corrected chi connectivity index (χ4v) is 4.08. The number of amides is 4. The lowest BCUT2D eigenvalue weighted by Crippen LogP contribution is -2.42. The van der Waals surface area contributed by atoms with Crippen molar-refractivity contribution in [3.8, 4) is 23.3 Å². The lowest BCUT2D eigenvalue weighted by Gasteiger charge is -2.28. The zero-order valence-corrected chi connectivity index (χ0v) is 25.0. The van der Waals surface area contributed by atoms with Crippen molar-refractivity contribution in [1.29, 1.82) is 0 Å². The molecular weight excluding hydrogens is 619 g/mol. The first-order valence-corrected chi connectivity index (χ1v) is 13.2. The number of halogens is 4. The first-order chi connectivity index (χ1) is 20.2. The van der Waals surface area contributed by atoms with Gasteiger partial charge in [-0.3, -0.25) is 24.8 Å². The monoisotopic (exact) mass is 649 g/mol. The van der Waals surface area contributed by atoms with Crippen LogP contribution in [0.2, 0.25) is 0 Å². The van der Waals surface area contributed by atoms with Crippen LogP contribution in [0.4, 0.5) is 19.3 Å².